The van der Waals surface area contributed by atoms with E-state index in [1.54, 1.807) is 0 Å². The first-order valence-electron chi connectivity index (χ1n) is 16.8. The van der Waals surface area contributed by atoms with Crippen molar-refractivity contribution in [1.82, 2.24) is 10.6 Å². The zero-order chi connectivity index (χ0) is 30.7. The molecule has 0 fully saturated rings. The quantitative estimate of drug-likeness (QED) is 0.0696. The molecule has 0 aliphatic heterocycles. The molecular formula is C42H48N2. The van der Waals surface area contributed by atoms with Gasteiger partial charge in [0.25, 0.3) is 0 Å². The molecule has 0 spiro atoms. The largest absolute Gasteiger partial charge is 0.306 e. The second kappa shape index (κ2) is 19.4. The van der Waals surface area contributed by atoms with Crippen LogP contribution in [0.5, 0.6) is 0 Å². The fourth-order valence-corrected chi connectivity index (χ4v) is 6.00. The van der Waals surface area contributed by atoms with Gasteiger partial charge in [0, 0.05) is 24.0 Å². The van der Waals surface area contributed by atoms with Gasteiger partial charge in [0.1, 0.15) is 0 Å². The lowest BCUT2D eigenvalue weighted by atomic mass is 9.90. The lowest BCUT2D eigenvalue weighted by Gasteiger charge is -2.13. The highest BCUT2D eigenvalue weighted by atomic mass is 14.8. The van der Waals surface area contributed by atoms with Gasteiger partial charge in [-0.15, -0.1) is 12.8 Å². The van der Waals surface area contributed by atoms with Crippen LogP contribution in [0.4, 0.5) is 0 Å². The number of nitrogens with one attached hydrogen (secondary N) is 2. The molecule has 0 aliphatic rings. The summed E-state index contributed by atoms with van der Waals surface area (Å²) in [7, 11) is 0. The van der Waals surface area contributed by atoms with Gasteiger partial charge in [-0.25, -0.2) is 0 Å². The van der Waals surface area contributed by atoms with Gasteiger partial charge in [0.2, 0.25) is 0 Å². The van der Waals surface area contributed by atoms with Crippen LogP contribution >= 0.6 is 0 Å². The van der Waals surface area contributed by atoms with E-state index in [1.165, 1.54) is 109 Å². The Morgan fingerprint density at radius 1 is 0.455 bits per heavy atom. The molecule has 2 heteroatoms. The van der Waals surface area contributed by atoms with Crippen LogP contribution in [0.25, 0.3) is 32.3 Å². The molecule has 0 aromatic heterocycles. The van der Waals surface area contributed by atoms with Crippen molar-refractivity contribution in [3.8, 4) is 48.4 Å². The SMILES string of the molecule is C#CCNCCCCCCCCC#Cc1ccc2ccc3c(C#CCCCCCCCCNCC#C)ccc4ccc1c2c43. The third-order valence-electron chi connectivity index (χ3n) is 8.38. The first kappa shape index (κ1) is 33.0. The number of unbranched alkanes of at least 4 members (excludes halogenated alkanes) is 12. The Kier molecular flexibility index (Phi) is 14.5. The molecule has 0 bridgehead atoms. The van der Waals surface area contributed by atoms with E-state index in [4.69, 9.17) is 12.8 Å². The minimum absolute atomic E-state index is 0.676. The molecule has 2 N–H and O–H groups in total. The summed E-state index contributed by atoms with van der Waals surface area (Å²) in [5, 5.41) is 14.2. The van der Waals surface area contributed by atoms with Gasteiger partial charge in [-0.1, -0.05) is 123 Å². The lowest BCUT2D eigenvalue weighted by Crippen LogP contribution is -2.14. The molecule has 0 saturated heterocycles. The summed E-state index contributed by atoms with van der Waals surface area (Å²) in [6, 6.07) is 17.9. The second-order valence-corrected chi connectivity index (χ2v) is 11.8. The number of hydrogen-bond acceptors (Lipinski definition) is 2. The lowest BCUT2D eigenvalue weighted by molar-refractivity contribution is 0.580. The first-order chi connectivity index (χ1) is 21.8. The average Bonchev–Trinajstić information content (AvgIpc) is 3.05. The highest BCUT2D eigenvalue weighted by Gasteiger charge is 2.12. The summed E-state index contributed by atoms with van der Waals surface area (Å²) in [5.74, 6) is 19.2. The van der Waals surface area contributed by atoms with Crippen molar-refractivity contribution in [2.75, 3.05) is 26.2 Å². The molecule has 4 aromatic carbocycles. The molecule has 0 aliphatic carbocycles. The van der Waals surface area contributed by atoms with Gasteiger partial charge < -0.3 is 10.6 Å². The summed E-state index contributed by atoms with van der Waals surface area (Å²) < 4.78 is 0. The maximum absolute atomic E-state index is 5.27. The zero-order valence-corrected chi connectivity index (χ0v) is 26.5. The molecule has 0 unspecified atom stereocenters. The Morgan fingerprint density at radius 2 is 0.841 bits per heavy atom. The van der Waals surface area contributed by atoms with Gasteiger partial charge in [-0.2, -0.15) is 0 Å². The second-order valence-electron chi connectivity index (χ2n) is 11.8. The van der Waals surface area contributed by atoms with Crippen molar-refractivity contribution < 1.29 is 0 Å². The van der Waals surface area contributed by atoms with Crippen LogP contribution in [0.3, 0.4) is 0 Å². The molecule has 2 nitrogen and oxygen atoms in total. The fourth-order valence-electron chi connectivity index (χ4n) is 6.00. The molecule has 0 atom stereocenters. The molecular weight excluding hydrogens is 532 g/mol. The van der Waals surface area contributed by atoms with Crippen LogP contribution in [0, 0.1) is 48.4 Å². The molecule has 44 heavy (non-hydrogen) atoms. The van der Waals surface area contributed by atoms with Gasteiger partial charge >= 0.3 is 0 Å². The van der Waals surface area contributed by atoms with Gasteiger partial charge in [-0.05, 0) is 83.2 Å². The van der Waals surface area contributed by atoms with E-state index in [0.29, 0.717) is 13.1 Å². The Bertz CT molecular complexity index is 1530. The van der Waals surface area contributed by atoms with Crippen molar-refractivity contribution in [2.45, 2.75) is 89.9 Å². The van der Waals surface area contributed by atoms with Crippen molar-refractivity contribution in [2.24, 2.45) is 0 Å². The topological polar surface area (TPSA) is 24.1 Å². The summed E-state index contributed by atoms with van der Waals surface area (Å²) >= 11 is 0. The van der Waals surface area contributed by atoms with E-state index >= 15 is 0 Å². The van der Waals surface area contributed by atoms with Crippen LogP contribution in [0.2, 0.25) is 0 Å². The molecule has 4 rings (SSSR count). The van der Waals surface area contributed by atoms with E-state index in [-0.39, 0.29) is 0 Å². The molecule has 4 aromatic rings. The van der Waals surface area contributed by atoms with Crippen molar-refractivity contribution in [3.63, 3.8) is 0 Å². The van der Waals surface area contributed by atoms with Crippen LogP contribution < -0.4 is 10.6 Å². The predicted octanol–water partition coefficient (Wildman–Crippen LogP) is 9.19. The highest BCUT2D eigenvalue weighted by Crippen LogP contribution is 2.37. The highest BCUT2D eigenvalue weighted by molar-refractivity contribution is 6.24. The number of rotatable bonds is 18. The predicted molar refractivity (Wildman–Crippen MR) is 192 cm³/mol. The van der Waals surface area contributed by atoms with Crippen LogP contribution in [-0.4, -0.2) is 26.2 Å². The normalized spacial score (nSPS) is 10.8. The molecule has 226 valence electrons. The third-order valence-corrected chi connectivity index (χ3v) is 8.38. The van der Waals surface area contributed by atoms with E-state index in [0.717, 1.165) is 37.1 Å². The Balaban J connectivity index is 1.30. The van der Waals surface area contributed by atoms with Crippen LogP contribution in [-0.2, 0) is 0 Å². The summed E-state index contributed by atoms with van der Waals surface area (Å²) in [6.07, 6.45) is 27.4. The van der Waals surface area contributed by atoms with E-state index in [2.05, 4.69) is 94.7 Å². The molecule has 0 saturated carbocycles. The first-order valence-corrected chi connectivity index (χ1v) is 16.8. The number of hydrogen-bond donors (Lipinski definition) is 2. The summed E-state index contributed by atoms with van der Waals surface area (Å²) in [6.45, 7) is 3.40. The van der Waals surface area contributed by atoms with Crippen LogP contribution in [0.15, 0.2) is 48.5 Å². The van der Waals surface area contributed by atoms with E-state index in [1.807, 2.05) is 0 Å². The maximum Gasteiger partial charge on any atom is 0.0573 e. The number of benzene rings is 4. The van der Waals surface area contributed by atoms with E-state index < -0.39 is 0 Å². The smallest absolute Gasteiger partial charge is 0.0573 e. The van der Waals surface area contributed by atoms with Crippen LogP contribution in [0.1, 0.15) is 101 Å². The third kappa shape index (κ3) is 10.1. The molecule has 0 heterocycles. The van der Waals surface area contributed by atoms with Gasteiger partial charge in [-0.3, -0.25) is 0 Å². The average molecular weight is 581 g/mol. The minimum Gasteiger partial charge on any atom is -0.306 e. The Labute approximate surface area is 266 Å². The monoisotopic (exact) mass is 580 g/mol. The summed E-state index contributed by atoms with van der Waals surface area (Å²) in [4.78, 5) is 0. The number of terminal acetylenes is 2. The Hall–Kier alpha value is -3.92. The zero-order valence-electron chi connectivity index (χ0n) is 26.5. The molecule has 0 amide bonds. The minimum atomic E-state index is 0.676. The Morgan fingerprint density at radius 3 is 1.27 bits per heavy atom. The fraction of sp³-hybridized carbons (Fsp3) is 0.429. The molecule has 0 radical (unpaired) electrons. The van der Waals surface area contributed by atoms with Gasteiger partial charge in [0.05, 0.1) is 13.1 Å². The van der Waals surface area contributed by atoms with Gasteiger partial charge in [0.15, 0.2) is 0 Å². The maximum atomic E-state index is 5.27. The van der Waals surface area contributed by atoms with E-state index in [9.17, 15) is 0 Å². The van der Waals surface area contributed by atoms with Crippen molar-refractivity contribution in [1.29, 1.82) is 0 Å². The van der Waals surface area contributed by atoms with Crippen molar-refractivity contribution >= 4 is 32.3 Å². The standard InChI is InChI=1S/C42H48N2/c1-3-31-43-33-19-15-11-7-5-9-13-17-21-35-23-25-37-28-30-40-36(24-26-38-27-29-39(35)41(37)42(38)40)22-18-14-10-6-8-12-16-20-34-44-32-4-2/h1-2,23-30,43-44H,5-16,19-20,31-34H2. The summed E-state index contributed by atoms with van der Waals surface area (Å²) in [5.41, 5.74) is 2.26. The van der Waals surface area contributed by atoms with Crippen molar-refractivity contribution in [3.05, 3.63) is 59.7 Å².